The van der Waals surface area contributed by atoms with Crippen molar-refractivity contribution in [2.24, 2.45) is 10.2 Å². The minimum absolute atomic E-state index is 0.787. The summed E-state index contributed by atoms with van der Waals surface area (Å²) in [5, 5.41) is 14.3. The second kappa shape index (κ2) is 8.91. The number of hydrogen-bond donors (Lipinski definition) is 2. The van der Waals surface area contributed by atoms with Crippen molar-refractivity contribution in [2.75, 3.05) is 7.11 Å². The van der Waals surface area contributed by atoms with Crippen LogP contribution in [0.2, 0.25) is 0 Å². The van der Waals surface area contributed by atoms with E-state index in [9.17, 15) is 0 Å². The van der Waals surface area contributed by atoms with Crippen LogP contribution in [0.5, 0.6) is 5.75 Å². The Morgan fingerprint density at radius 1 is 0.714 bits per heavy atom. The van der Waals surface area contributed by atoms with Gasteiger partial charge in [0.15, 0.2) is 0 Å². The molecule has 0 aliphatic carbocycles. The topological polar surface area (TPSA) is 65.5 Å². The number of aromatic amines is 2. The van der Waals surface area contributed by atoms with Gasteiger partial charge in [0.25, 0.3) is 0 Å². The second-order valence-electron chi connectivity index (χ2n) is 9.02. The van der Waals surface area contributed by atoms with Crippen molar-refractivity contribution in [3.8, 4) is 5.75 Å². The van der Waals surface area contributed by atoms with Crippen LogP contribution in [0, 0.1) is 0 Å². The monoisotopic (exact) mass is 460 g/mol. The first-order valence-electron chi connectivity index (χ1n) is 12.3. The van der Waals surface area contributed by atoms with Crippen LogP contribution in [0.4, 0.5) is 11.4 Å². The number of H-pyrrole nitrogens is 2. The predicted octanol–water partition coefficient (Wildman–Crippen LogP) is 9.11. The van der Waals surface area contributed by atoms with Gasteiger partial charge in [0.05, 0.1) is 23.8 Å². The van der Waals surface area contributed by atoms with Gasteiger partial charge < -0.3 is 14.7 Å². The van der Waals surface area contributed by atoms with Crippen molar-refractivity contribution in [1.29, 1.82) is 0 Å². The molecule has 0 aliphatic rings. The molecule has 5 nitrogen and oxygen atoms in total. The fourth-order valence-corrected chi connectivity index (χ4v) is 5.16. The molecule has 0 atom stereocenters. The largest absolute Gasteiger partial charge is 0.497 e. The summed E-state index contributed by atoms with van der Waals surface area (Å²) in [5.41, 5.74) is 7.49. The number of methoxy groups -OCH3 is 1. The van der Waals surface area contributed by atoms with Crippen molar-refractivity contribution in [2.45, 2.75) is 32.6 Å². The van der Waals surface area contributed by atoms with E-state index in [0.29, 0.717) is 0 Å². The van der Waals surface area contributed by atoms with E-state index < -0.39 is 0 Å². The average molecular weight is 461 g/mol. The minimum Gasteiger partial charge on any atom is -0.497 e. The Hall–Kier alpha value is -4.12. The van der Waals surface area contributed by atoms with E-state index in [2.05, 4.69) is 70.5 Å². The number of para-hydroxylation sites is 2. The number of aromatic nitrogens is 2. The Kier molecular flexibility index (Phi) is 5.45. The molecule has 0 bridgehead atoms. The number of hydrogen-bond acceptors (Lipinski definition) is 3. The zero-order chi connectivity index (χ0) is 23.8. The lowest BCUT2D eigenvalue weighted by molar-refractivity contribution is 0.415. The number of ether oxygens (including phenoxy) is 1. The number of fused-ring (bicyclic) bond motifs is 6. The Labute approximate surface area is 203 Å². The van der Waals surface area contributed by atoms with Gasteiger partial charge >= 0.3 is 0 Å². The SMILES string of the molecule is CCCCCc1c2[nH]c3ccccc3c2c(N=Nc2ccc(OC)cc2)c2[nH]c3ccccc3c12. The molecular formula is C30H28N4O. The standard InChI is InChI=1S/C30H28N4O/c1-3-4-5-12-23-26-21-10-6-8-13-24(21)32-29(26)30(34-33-19-15-17-20(35-2)18-16-19)27-22-11-7-9-14-25(22)31-28(23)27/h6-11,13-18,31-32H,3-5,12H2,1-2H3. The van der Waals surface area contributed by atoms with E-state index >= 15 is 0 Å². The molecule has 0 saturated carbocycles. The van der Waals surface area contributed by atoms with Gasteiger partial charge in [0.1, 0.15) is 11.4 Å². The zero-order valence-corrected chi connectivity index (χ0v) is 20.1. The van der Waals surface area contributed by atoms with Gasteiger partial charge in [0.2, 0.25) is 0 Å². The molecule has 2 heterocycles. The van der Waals surface area contributed by atoms with E-state index in [0.717, 1.165) is 51.9 Å². The molecule has 0 spiro atoms. The fraction of sp³-hybridized carbons (Fsp3) is 0.200. The molecule has 0 unspecified atom stereocenters. The van der Waals surface area contributed by atoms with E-state index in [1.807, 2.05) is 24.3 Å². The number of aryl methyl sites for hydroxylation is 1. The summed E-state index contributed by atoms with van der Waals surface area (Å²) in [5.74, 6) is 0.803. The maximum atomic E-state index is 5.29. The lowest BCUT2D eigenvalue weighted by Crippen LogP contribution is -1.91. The second-order valence-corrected chi connectivity index (χ2v) is 9.02. The number of azo groups is 1. The van der Waals surface area contributed by atoms with Crippen LogP contribution < -0.4 is 4.74 Å². The molecule has 0 fully saturated rings. The average Bonchev–Trinajstić information content (AvgIpc) is 3.48. The molecule has 0 amide bonds. The zero-order valence-electron chi connectivity index (χ0n) is 20.1. The maximum Gasteiger partial charge on any atom is 0.120 e. The molecule has 0 saturated heterocycles. The molecule has 2 aromatic heterocycles. The minimum atomic E-state index is 0.787. The highest BCUT2D eigenvalue weighted by molar-refractivity contribution is 6.25. The van der Waals surface area contributed by atoms with E-state index in [1.165, 1.54) is 40.1 Å². The van der Waals surface area contributed by atoms with Gasteiger partial charge in [-0.3, -0.25) is 0 Å². The van der Waals surface area contributed by atoms with E-state index in [-0.39, 0.29) is 0 Å². The van der Waals surface area contributed by atoms with Crippen molar-refractivity contribution >= 4 is 55.0 Å². The van der Waals surface area contributed by atoms with Crippen LogP contribution in [0.1, 0.15) is 31.7 Å². The first-order valence-corrected chi connectivity index (χ1v) is 12.3. The number of nitrogens with one attached hydrogen (secondary N) is 2. The third-order valence-electron chi connectivity index (χ3n) is 6.86. The molecule has 4 aromatic carbocycles. The number of rotatable bonds is 7. The number of benzene rings is 4. The third kappa shape index (κ3) is 3.64. The van der Waals surface area contributed by atoms with Crippen LogP contribution in [0.3, 0.4) is 0 Å². The number of unbranched alkanes of at least 4 members (excludes halogenated alkanes) is 2. The molecular weight excluding hydrogens is 432 g/mol. The molecule has 174 valence electrons. The summed E-state index contributed by atoms with van der Waals surface area (Å²) in [6.07, 6.45) is 4.58. The first kappa shape index (κ1) is 21.4. The summed E-state index contributed by atoms with van der Waals surface area (Å²) in [6, 6.07) is 24.7. The molecule has 5 heteroatoms. The van der Waals surface area contributed by atoms with Crippen LogP contribution in [0.25, 0.3) is 43.6 Å². The van der Waals surface area contributed by atoms with Crippen LogP contribution in [-0.2, 0) is 6.42 Å². The Balaban J connectivity index is 1.68. The summed E-state index contributed by atoms with van der Waals surface area (Å²) >= 11 is 0. The first-order chi connectivity index (χ1) is 17.3. The van der Waals surface area contributed by atoms with Gasteiger partial charge in [-0.1, -0.05) is 56.2 Å². The molecule has 6 aromatic rings. The van der Waals surface area contributed by atoms with Gasteiger partial charge in [-0.2, -0.15) is 5.11 Å². The predicted molar refractivity (Wildman–Crippen MR) is 146 cm³/mol. The quantitative estimate of drug-likeness (QED) is 0.181. The Morgan fingerprint density at radius 3 is 2.06 bits per heavy atom. The van der Waals surface area contributed by atoms with Crippen LogP contribution in [0.15, 0.2) is 83.0 Å². The van der Waals surface area contributed by atoms with E-state index in [1.54, 1.807) is 7.11 Å². The summed E-state index contributed by atoms with van der Waals surface area (Å²) in [4.78, 5) is 7.43. The van der Waals surface area contributed by atoms with Gasteiger partial charge in [-0.25, -0.2) is 0 Å². The summed E-state index contributed by atoms with van der Waals surface area (Å²) in [6.45, 7) is 2.25. The van der Waals surface area contributed by atoms with Crippen LogP contribution >= 0.6 is 0 Å². The highest BCUT2D eigenvalue weighted by Crippen LogP contribution is 2.45. The maximum absolute atomic E-state index is 5.29. The van der Waals surface area contributed by atoms with Crippen LogP contribution in [-0.4, -0.2) is 17.1 Å². The summed E-state index contributed by atoms with van der Waals surface area (Å²) in [7, 11) is 1.67. The molecule has 2 N–H and O–H groups in total. The Bertz CT molecular complexity index is 1680. The van der Waals surface area contributed by atoms with E-state index in [4.69, 9.17) is 9.85 Å². The highest BCUT2D eigenvalue weighted by atomic mass is 16.5. The lowest BCUT2D eigenvalue weighted by Gasteiger charge is -2.10. The third-order valence-corrected chi connectivity index (χ3v) is 6.86. The highest BCUT2D eigenvalue weighted by Gasteiger charge is 2.21. The lowest BCUT2D eigenvalue weighted by atomic mass is 9.96. The summed E-state index contributed by atoms with van der Waals surface area (Å²) < 4.78 is 5.29. The van der Waals surface area contributed by atoms with Crippen molar-refractivity contribution in [3.63, 3.8) is 0 Å². The van der Waals surface area contributed by atoms with Crippen molar-refractivity contribution in [3.05, 3.63) is 78.4 Å². The molecule has 35 heavy (non-hydrogen) atoms. The van der Waals surface area contributed by atoms with Crippen molar-refractivity contribution < 1.29 is 4.74 Å². The Morgan fingerprint density at radius 2 is 1.37 bits per heavy atom. The van der Waals surface area contributed by atoms with Gasteiger partial charge in [-0.15, -0.1) is 5.11 Å². The smallest absolute Gasteiger partial charge is 0.120 e. The fourth-order valence-electron chi connectivity index (χ4n) is 5.16. The van der Waals surface area contributed by atoms with Gasteiger partial charge in [-0.05, 0) is 54.8 Å². The molecule has 6 rings (SSSR count). The van der Waals surface area contributed by atoms with Gasteiger partial charge in [0, 0.05) is 32.6 Å². The van der Waals surface area contributed by atoms with Crippen molar-refractivity contribution in [1.82, 2.24) is 9.97 Å². The molecule has 0 radical (unpaired) electrons. The number of nitrogens with zero attached hydrogens (tertiary/aromatic N) is 2. The molecule has 0 aliphatic heterocycles. The normalized spacial score (nSPS) is 12.1.